The van der Waals surface area contributed by atoms with Gasteiger partial charge in [-0.3, -0.25) is 9.69 Å². The average molecular weight is 478 g/mol. The van der Waals surface area contributed by atoms with E-state index in [1.165, 1.54) is 0 Å². The molecule has 1 saturated heterocycles. The zero-order chi connectivity index (χ0) is 24.3. The fourth-order valence-corrected chi connectivity index (χ4v) is 3.86. The number of methoxy groups -OCH3 is 2. The molecule has 1 fully saturated rings. The zero-order valence-corrected chi connectivity index (χ0v) is 20.4. The number of rotatable bonds is 13. The number of hydrogen-bond donors (Lipinski definition) is 1. The van der Waals surface area contributed by atoms with Crippen molar-refractivity contribution in [3.05, 3.63) is 35.7 Å². The van der Waals surface area contributed by atoms with Gasteiger partial charge in [0.05, 0.1) is 46.2 Å². The first-order valence-electron chi connectivity index (χ1n) is 11.5. The molecule has 34 heavy (non-hydrogen) atoms. The molecular formula is C23H35N5O6. The minimum Gasteiger partial charge on any atom is -0.493 e. The Kier molecular flexibility index (Phi) is 10.1. The maximum absolute atomic E-state index is 12.9. The molecular weight excluding hydrogens is 442 g/mol. The van der Waals surface area contributed by atoms with E-state index in [9.17, 15) is 4.79 Å². The van der Waals surface area contributed by atoms with E-state index in [0.29, 0.717) is 51.0 Å². The second-order valence-corrected chi connectivity index (χ2v) is 7.65. The van der Waals surface area contributed by atoms with Gasteiger partial charge in [-0.15, -0.1) is 5.10 Å². The number of morpholine rings is 1. The molecule has 0 radical (unpaired) electrons. The van der Waals surface area contributed by atoms with Crippen molar-refractivity contribution in [2.45, 2.75) is 32.7 Å². The van der Waals surface area contributed by atoms with Crippen LogP contribution < -0.4 is 14.8 Å². The Morgan fingerprint density at radius 3 is 2.47 bits per heavy atom. The average Bonchev–Trinajstić information content (AvgIpc) is 3.33. The molecule has 188 valence electrons. The molecule has 11 nitrogen and oxygen atoms in total. The fourth-order valence-electron chi connectivity index (χ4n) is 3.86. The lowest BCUT2D eigenvalue weighted by molar-refractivity contribution is -0.145. The van der Waals surface area contributed by atoms with E-state index in [2.05, 4.69) is 20.5 Å². The monoisotopic (exact) mass is 477 g/mol. The van der Waals surface area contributed by atoms with E-state index >= 15 is 0 Å². The highest BCUT2D eigenvalue weighted by molar-refractivity contribution is 5.91. The summed E-state index contributed by atoms with van der Waals surface area (Å²) < 4.78 is 29.0. The van der Waals surface area contributed by atoms with Crippen LogP contribution in [0.25, 0.3) is 0 Å². The smallest absolute Gasteiger partial charge is 0.273 e. The van der Waals surface area contributed by atoms with Crippen LogP contribution in [0.1, 0.15) is 35.9 Å². The van der Waals surface area contributed by atoms with E-state index in [4.69, 9.17) is 23.7 Å². The van der Waals surface area contributed by atoms with Gasteiger partial charge in [0.2, 0.25) is 0 Å². The Morgan fingerprint density at radius 2 is 1.82 bits per heavy atom. The molecule has 1 aromatic heterocycles. The minimum absolute atomic E-state index is 0.0667. The molecule has 1 aromatic carbocycles. The SMILES string of the molecule is CCOC(Cn1cc(C(=O)NCC(c2ccc(OC)c(OC)c2)N2CCOCC2)nn1)OCC. The summed E-state index contributed by atoms with van der Waals surface area (Å²) in [7, 11) is 3.22. The lowest BCUT2D eigenvalue weighted by atomic mass is 10.0. The second-order valence-electron chi connectivity index (χ2n) is 7.65. The number of amides is 1. The van der Waals surface area contributed by atoms with E-state index in [-0.39, 0.29) is 17.6 Å². The number of carbonyl (C=O) groups is 1. The number of hydrogen-bond acceptors (Lipinski definition) is 9. The van der Waals surface area contributed by atoms with Crippen LogP contribution in [-0.2, 0) is 20.8 Å². The Labute approximate surface area is 200 Å². The molecule has 1 aliphatic heterocycles. The minimum atomic E-state index is -0.441. The first-order chi connectivity index (χ1) is 16.6. The molecule has 1 N–H and O–H groups in total. The highest BCUT2D eigenvalue weighted by Crippen LogP contribution is 2.32. The largest absolute Gasteiger partial charge is 0.493 e. The molecule has 2 heterocycles. The van der Waals surface area contributed by atoms with Crippen LogP contribution in [0.15, 0.2) is 24.4 Å². The third-order valence-electron chi connectivity index (χ3n) is 5.55. The van der Waals surface area contributed by atoms with E-state index in [1.807, 2.05) is 32.0 Å². The van der Waals surface area contributed by atoms with Gasteiger partial charge >= 0.3 is 0 Å². The summed E-state index contributed by atoms with van der Waals surface area (Å²) in [6, 6.07) is 5.75. The number of nitrogens with one attached hydrogen (secondary N) is 1. The maximum atomic E-state index is 12.9. The van der Waals surface area contributed by atoms with E-state index in [1.54, 1.807) is 25.1 Å². The van der Waals surface area contributed by atoms with Crippen LogP contribution in [-0.4, -0.2) is 92.4 Å². The van der Waals surface area contributed by atoms with Gasteiger partial charge in [-0.25, -0.2) is 4.68 Å². The van der Waals surface area contributed by atoms with Crippen molar-refractivity contribution < 1.29 is 28.5 Å². The molecule has 1 amide bonds. The lowest BCUT2D eigenvalue weighted by Gasteiger charge is -2.35. The molecule has 0 spiro atoms. The zero-order valence-electron chi connectivity index (χ0n) is 20.4. The molecule has 2 aromatic rings. The van der Waals surface area contributed by atoms with Gasteiger partial charge in [-0.2, -0.15) is 0 Å². The Balaban J connectivity index is 1.69. The summed E-state index contributed by atoms with van der Waals surface area (Å²) in [6.07, 6.45) is 1.16. The summed E-state index contributed by atoms with van der Waals surface area (Å²) in [5.41, 5.74) is 1.25. The van der Waals surface area contributed by atoms with Crippen molar-refractivity contribution >= 4 is 5.91 Å². The number of carbonyl (C=O) groups excluding carboxylic acids is 1. The van der Waals surface area contributed by atoms with Gasteiger partial charge in [0.15, 0.2) is 23.5 Å². The third-order valence-corrected chi connectivity index (χ3v) is 5.55. The van der Waals surface area contributed by atoms with Gasteiger partial charge in [0, 0.05) is 32.8 Å². The molecule has 0 bridgehead atoms. The van der Waals surface area contributed by atoms with Crippen molar-refractivity contribution in [1.82, 2.24) is 25.2 Å². The highest BCUT2D eigenvalue weighted by Gasteiger charge is 2.25. The lowest BCUT2D eigenvalue weighted by Crippen LogP contribution is -2.43. The van der Waals surface area contributed by atoms with Crippen LogP contribution in [0.4, 0.5) is 0 Å². The van der Waals surface area contributed by atoms with Crippen molar-refractivity contribution in [3.8, 4) is 11.5 Å². The highest BCUT2D eigenvalue weighted by atomic mass is 16.7. The van der Waals surface area contributed by atoms with Gasteiger partial charge in [0.25, 0.3) is 5.91 Å². The normalized spacial score (nSPS) is 15.3. The topological polar surface area (TPSA) is 109 Å². The van der Waals surface area contributed by atoms with Crippen LogP contribution >= 0.6 is 0 Å². The number of nitrogens with zero attached hydrogens (tertiary/aromatic N) is 4. The molecule has 1 unspecified atom stereocenters. The number of ether oxygens (including phenoxy) is 5. The molecule has 0 saturated carbocycles. The number of aromatic nitrogens is 3. The molecule has 11 heteroatoms. The molecule has 3 rings (SSSR count). The molecule has 1 aliphatic rings. The summed E-state index contributed by atoms with van der Waals surface area (Å²) >= 11 is 0. The van der Waals surface area contributed by atoms with Crippen LogP contribution in [0.2, 0.25) is 0 Å². The standard InChI is InChI=1S/C23H35N5O6/c1-5-33-22(34-6-2)16-28-15-18(25-26-28)23(29)24-14-19(27-9-11-32-12-10-27)17-7-8-20(30-3)21(13-17)31-4/h7-8,13,15,19,22H,5-6,9-12,14,16H2,1-4H3,(H,24,29). The fraction of sp³-hybridized carbons (Fsp3) is 0.609. The quantitative estimate of drug-likeness (QED) is 0.429. The summed E-state index contributed by atoms with van der Waals surface area (Å²) in [5.74, 6) is 1.00. The predicted molar refractivity (Wildman–Crippen MR) is 124 cm³/mol. The van der Waals surface area contributed by atoms with Crippen LogP contribution in [0.3, 0.4) is 0 Å². The summed E-state index contributed by atoms with van der Waals surface area (Å²) in [5, 5.41) is 11.1. The van der Waals surface area contributed by atoms with E-state index in [0.717, 1.165) is 18.7 Å². The van der Waals surface area contributed by atoms with Crippen molar-refractivity contribution in [3.63, 3.8) is 0 Å². The van der Waals surface area contributed by atoms with Gasteiger partial charge in [0.1, 0.15) is 0 Å². The van der Waals surface area contributed by atoms with E-state index < -0.39 is 6.29 Å². The Bertz CT molecular complexity index is 896. The van der Waals surface area contributed by atoms with Crippen molar-refractivity contribution in [2.75, 3.05) is 60.3 Å². The van der Waals surface area contributed by atoms with Crippen molar-refractivity contribution in [1.29, 1.82) is 0 Å². The Hall–Kier alpha value is -2.73. The molecule has 1 atom stereocenters. The van der Waals surface area contributed by atoms with Gasteiger partial charge in [-0.1, -0.05) is 11.3 Å². The first-order valence-corrected chi connectivity index (χ1v) is 11.5. The predicted octanol–water partition coefficient (Wildman–Crippen LogP) is 1.50. The third kappa shape index (κ3) is 6.89. The number of benzene rings is 1. The summed E-state index contributed by atoms with van der Waals surface area (Å²) in [6.45, 7) is 8.40. The summed E-state index contributed by atoms with van der Waals surface area (Å²) in [4.78, 5) is 15.1. The van der Waals surface area contributed by atoms with Crippen LogP contribution in [0.5, 0.6) is 11.5 Å². The maximum Gasteiger partial charge on any atom is 0.273 e. The van der Waals surface area contributed by atoms with Gasteiger partial charge < -0.3 is 29.0 Å². The van der Waals surface area contributed by atoms with Crippen LogP contribution in [0, 0.1) is 0 Å². The Morgan fingerprint density at radius 1 is 1.12 bits per heavy atom. The molecule has 0 aliphatic carbocycles. The van der Waals surface area contributed by atoms with Gasteiger partial charge in [-0.05, 0) is 31.5 Å². The second kappa shape index (κ2) is 13.2. The first kappa shape index (κ1) is 25.9. The van der Waals surface area contributed by atoms with Crippen molar-refractivity contribution in [2.24, 2.45) is 0 Å².